The molecule has 1 saturated carbocycles. The lowest BCUT2D eigenvalue weighted by atomic mass is 9.98. The highest BCUT2D eigenvalue weighted by molar-refractivity contribution is 6.29. The average Bonchev–Trinajstić information content (AvgIpc) is 3.22. The van der Waals surface area contributed by atoms with Crippen LogP contribution in [-0.4, -0.2) is 28.6 Å². The molecule has 6 heteroatoms. The van der Waals surface area contributed by atoms with Crippen LogP contribution in [0.4, 0.5) is 5.69 Å². The average molecular weight is 288 g/mol. The van der Waals surface area contributed by atoms with Gasteiger partial charge in [-0.2, -0.15) is 0 Å². The van der Waals surface area contributed by atoms with Crippen molar-refractivity contribution < 1.29 is 14.4 Å². The van der Waals surface area contributed by atoms with Crippen LogP contribution in [0.5, 0.6) is 0 Å². The first-order valence-corrected chi connectivity index (χ1v) is 6.95. The molecule has 1 saturated heterocycles. The Balaban J connectivity index is 1.94. The third kappa shape index (κ3) is 2.20. The van der Waals surface area contributed by atoms with Crippen molar-refractivity contribution in [2.45, 2.75) is 19.8 Å². The van der Waals surface area contributed by atoms with E-state index in [9.17, 15) is 19.2 Å². The van der Waals surface area contributed by atoms with Crippen molar-refractivity contribution in [3.63, 3.8) is 0 Å². The van der Waals surface area contributed by atoms with E-state index in [1.165, 1.54) is 15.7 Å². The van der Waals surface area contributed by atoms with Crippen LogP contribution in [0.15, 0.2) is 17.1 Å². The second-order valence-corrected chi connectivity index (χ2v) is 5.80. The zero-order valence-corrected chi connectivity index (χ0v) is 12.0. The monoisotopic (exact) mass is 288 g/mol. The lowest BCUT2D eigenvalue weighted by molar-refractivity contribution is -0.136. The number of rotatable bonds is 3. The molecule has 0 radical (unpaired) electrons. The van der Waals surface area contributed by atoms with Crippen LogP contribution in [-0.2, 0) is 21.4 Å². The van der Waals surface area contributed by atoms with Gasteiger partial charge in [-0.05, 0) is 25.8 Å². The molecule has 1 aliphatic carbocycles. The zero-order valence-electron chi connectivity index (χ0n) is 12.0. The van der Waals surface area contributed by atoms with E-state index >= 15 is 0 Å². The van der Waals surface area contributed by atoms with Gasteiger partial charge in [-0.25, -0.2) is 0 Å². The molecule has 0 aromatic carbocycles. The number of amides is 1. The molecule has 1 aromatic rings. The number of aromatic nitrogens is 1. The summed E-state index contributed by atoms with van der Waals surface area (Å²) in [5.74, 6) is -2.31. The molecule has 2 fully saturated rings. The number of anilines is 1. The fourth-order valence-electron chi connectivity index (χ4n) is 2.72. The fraction of sp³-hybridized carbons (Fsp3) is 0.467. The predicted octanol–water partition coefficient (Wildman–Crippen LogP) is 0.205. The summed E-state index contributed by atoms with van der Waals surface area (Å²) in [5.41, 5.74) is 0.827. The number of nitrogens with zero attached hydrogens (tertiary/aromatic N) is 2. The molecule has 1 aromatic heterocycles. The molecule has 1 aliphatic heterocycles. The fourth-order valence-corrected chi connectivity index (χ4v) is 2.72. The second kappa shape index (κ2) is 4.65. The van der Waals surface area contributed by atoms with Crippen LogP contribution >= 0.6 is 0 Å². The number of hydrogen-bond acceptors (Lipinski definition) is 4. The number of ketones is 2. The van der Waals surface area contributed by atoms with Crippen molar-refractivity contribution >= 4 is 23.2 Å². The molecule has 2 heterocycles. The van der Waals surface area contributed by atoms with E-state index in [4.69, 9.17) is 0 Å². The molecule has 21 heavy (non-hydrogen) atoms. The van der Waals surface area contributed by atoms with Gasteiger partial charge < -0.3 is 9.47 Å². The Morgan fingerprint density at radius 1 is 1.24 bits per heavy atom. The van der Waals surface area contributed by atoms with Gasteiger partial charge in [0.05, 0.1) is 12.2 Å². The first kappa shape index (κ1) is 13.7. The smallest absolute Gasteiger partial charge is 0.253 e. The lowest BCUT2D eigenvalue weighted by Crippen LogP contribution is -2.32. The van der Waals surface area contributed by atoms with Crippen molar-refractivity contribution in [3.8, 4) is 0 Å². The highest BCUT2D eigenvalue weighted by Crippen LogP contribution is 2.35. The molecule has 3 rings (SSSR count). The normalized spacial score (nSPS) is 22.0. The van der Waals surface area contributed by atoms with Crippen LogP contribution in [0.25, 0.3) is 0 Å². The van der Waals surface area contributed by atoms with Gasteiger partial charge in [0.25, 0.3) is 5.56 Å². The molecule has 0 bridgehead atoms. The van der Waals surface area contributed by atoms with E-state index in [2.05, 4.69) is 0 Å². The van der Waals surface area contributed by atoms with Gasteiger partial charge in [0.1, 0.15) is 0 Å². The highest BCUT2D eigenvalue weighted by atomic mass is 16.2. The second-order valence-electron chi connectivity index (χ2n) is 5.80. The minimum absolute atomic E-state index is 0.0976. The molecule has 1 amide bonds. The molecule has 1 unspecified atom stereocenters. The van der Waals surface area contributed by atoms with E-state index < -0.39 is 11.8 Å². The Kier molecular flexibility index (Phi) is 3.04. The largest absolute Gasteiger partial charge is 0.316 e. The molecule has 110 valence electrons. The van der Waals surface area contributed by atoms with E-state index in [0.717, 1.165) is 12.8 Å². The maximum Gasteiger partial charge on any atom is 0.253 e. The first-order chi connectivity index (χ1) is 9.90. The van der Waals surface area contributed by atoms with Crippen molar-refractivity contribution in [2.24, 2.45) is 18.9 Å². The van der Waals surface area contributed by atoms with Gasteiger partial charge in [-0.3, -0.25) is 19.2 Å². The maximum absolute atomic E-state index is 12.4. The van der Waals surface area contributed by atoms with Crippen LogP contribution in [0.3, 0.4) is 0 Å². The van der Waals surface area contributed by atoms with Gasteiger partial charge in [-0.15, -0.1) is 0 Å². The lowest BCUT2D eigenvalue weighted by Gasteiger charge is -2.17. The first-order valence-electron chi connectivity index (χ1n) is 6.95. The van der Waals surface area contributed by atoms with E-state index in [-0.39, 0.29) is 29.6 Å². The molecular formula is C15H16N2O4. The standard InChI is InChI=1S/C15H16N2O4/c1-8-5-10(6-16(2)14(8)20)17-7-11(18)12(15(17)21)13(19)9-3-4-9/h5-6,9,12H,3-4,7H2,1-2H3. The SMILES string of the molecule is Cc1cc(N2CC(=O)C(C(=O)C3CC3)C2=O)cn(C)c1=O. The van der Waals surface area contributed by atoms with Gasteiger partial charge in [-0.1, -0.05) is 0 Å². The molecule has 1 atom stereocenters. The number of aryl methyl sites for hydroxylation is 2. The van der Waals surface area contributed by atoms with Gasteiger partial charge >= 0.3 is 0 Å². The third-order valence-corrected chi connectivity index (χ3v) is 4.07. The molecule has 0 spiro atoms. The number of carbonyl (C=O) groups excluding carboxylic acids is 3. The Morgan fingerprint density at radius 3 is 2.48 bits per heavy atom. The summed E-state index contributed by atoms with van der Waals surface area (Å²) in [5, 5.41) is 0. The molecule has 2 aliphatic rings. The Bertz CT molecular complexity index is 689. The summed E-state index contributed by atoms with van der Waals surface area (Å²) < 4.78 is 1.37. The maximum atomic E-state index is 12.4. The minimum atomic E-state index is -1.14. The summed E-state index contributed by atoms with van der Waals surface area (Å²) in [6.07, 6.45) is 3.06. The number of Topliss-reactive ketones (excluding diaryl/α,β-unsaturated/α-hetero) is 2. The molecule has 0 N–H and O–H groups in total. The van der Waals surface area contributed by atoms with Crippen LogP contribution in [0.2, 0.25) is 0 Å². The van der Waals surface area contributed by atoms with Gasteiger partial charge in [0.2, 0.25) is 5.91 Å². The number of hydrogen-bond donors (Lipinski definition) is 0. The minimum Gasteiger partial charge on any atom is -0.316 e. The van der Waals surface area contributed by atoms with Gasteiger partial charge in [0.15, 0.2) is 17.5 Å². The van der Waals surface area contributed by atoms with Crippen LogP contribution < -0.4 is 10.5 Å². The molecular weight excluding hydrogens is 272 g/mol. The number of carbonyl (C=O) groups is 3. The van der Waals surface area contributed by atoms with Gasteiger partial charge in [0, 0.05) is 24.7 Å². The molecule has 6 nitrogen and oxygen atoms in total. The topological polar surface area (TPSA) is 76.5 Å². The quantitative estimate of drug-likeness (QED) is 0.745. The Morgan fingerprint density at radius 2 is 1.90 bits per heavy atom. The van der Waals surface area contributed by atoms with Crippen LogP contribution in [0, 0.1) is 18.8 Å². The predicted molar refractivity (Wildman–Crippen MR) is 75.0 cm³/mol. The van der Waals surface area contributed by atoms with Crippen molar-refractivity contribution in [2.75, 3.05) is 11.4 Å². The van der Waals surface area contributed by atoms with E-state index in [1.54, 1.807) is 20.0 Å². The Hall–Kier alpha value is -2.24. The Labute approximate surface area is 121 Å². The van der Waals surface area contributed by atoms with E-state index in [1.807, 2.05) is 0 Å². The summed E-state index contributed by atoms with van der Waals surface area (Å²) >= 11 is 0. The summed E-state index contributed by atoms with van der Waals surface area (Å²) in [6.45, 7) is 1.56. The van der Waals surface area contributed by atoms with Crippen molar-refractivity contribution in [1.29, 1.82) is 0 Å². The van der Waals surface area contributed by atoms with Crippen molar-refractivity contribution in [1.82, 2.24) is 4.57 Å². The zero-order chi connectivity index (χ0) is 15.3. The number of pyridine rings is 1. The summed E-state index contributed by atoms with van der Waals surface area (Å²) in [7, 11) is 1.59. The van der Waals surface area contributed by atoms with E-state index in [0.29, 0.717) is 11.3 Å². The summed E-state index contributed by atoms with van der Waals surface area (Å²) in [6, 6.07) is 1.58. The highest BCUT2D eigenvalue weighted by Gasteiger charge is 2.48. The van der Waals surface area contributed by atoms with Crippen LogP contribution in [0.1, 0.15) is 18.4 Å². The summed E-state index contributed by atoms with van der Waals surface area (Å²) in [4.78, 5) is 49.5. The third-order valence-electron chi connectivity index (χ3n) is 4.07. The van der Waals surface area contributed by atoms with Crippen molar-refractivity contribution in [3.05, 3.63) is 28.2 Å².